The van der Waals surface area contributed by atoms with Gasteiger partial charge in [0.05, 0.1) is 5.69 Å². The van der Waals surface area contributed by atoms with Crippen LogP contribution in [0, 0.1) is 5.82 Å². The summed E-state index contributed by atoms with van der Waals surface area (Å²) >= 11 is 1.33. The van der Waals surface area contributed by atoms with Crippen LogP contribution in [-0.4, -0.2) is 17.5 Å². The van der Waals surface area contributed by atoms with E-state index >= 15 is 0 Å². The zero-order valence-electron chi connectivity index (χ0n) is 13.7. The molecule has 2 aromatic carbocycles. The van der Waals surface area contributed by atoms with Gasteiger partial charge in [0.1, 0.15) is 0 Å². The average Bonchev–Trinajstić information content (AvgIpc) is 3.09. The monoisotopic (exact) mass is 356 g/mol. The van der Waals surface area contributed by atoms with Crippen molar-refractivity contribution in [1.82, 2.24) is 4.98 Å². The summed E-state index contributed by atoms with van der Waals surface area (Å²) in [4.78, 5) is 16.3. The molecule has 3 aromatic rings. The van der Waals surface area contributed by atoms with Crippen molar-refractivity contribution in [2.75, 3.05) is 11.9 Å². The van der Waals surface area contributed by atoms with E-state index in [9.17, 15) is 9.18 Å². The number of nitrogens with zero attached hydrogens (tertiary/aromatic N) is 1. The molecule has 0 unspecified atom stereocenters. The van der Waals surface area contributed by atoms with E-state index in [1.807, 2.05) is 17.5 Å². The highest BCUT2D eigenvalue weighted by Crippen LogP contribution is 2.25. The van der Waals surface area contributed by atoms with Crippen LogP contribution in [0.2, 0.25) is 0 Å². The standard InChI is InChI=1S/C19H17FN2O2S/c1-2-13-7-9-14(10-8-13)16-12-25-19(21-16)22-18(23)11-24-17-6-4-3-5-15(17)20/h3-10,12H,2,11H2,1H3,(H,21,22,23). The molecule has 0 saturated heterocycles. The normalized spacial score (nSPS) is 10.5. The number of aryl methyl sites for hydroxylation is 1. The molecule has 1 amide bonds. The quantitative estimate of drug-likeness (QED) is 0.706. The minimum Gasteiger partial charge on any atom is -0.481 e. The van der Waals surface area contributed by atoms with Crippen LogP contribution in [0.15, 0.2) is 53.9 Å². The van der Waals surface area contributed by atoms with Gasteiger partial charge in [-0.05, 0) is 24.1 Å². The predicted molar refractivity (Wildman–Crippen MR) is 97.5 cm³/mol. The van der Waals surface area contributed by atoms with E-state index in [0.29, 0.717) is 5.13 Å². The van der Waals surface area contributed by atoms with Gasteiger partial charge < -0.3 is 4.74 Å². The highest BCUT2D eigenvalue weighted by molar-refractivity contribution is 7.14. The van der Waals surface area contributed by atoms with Crippen molar-refractivity contribution in [3.63, 3.8) is 0 Å². The molecule has 0 aliphatic heterocycles. The summed E-state index contributed by atoms with van der Waals surface area (Å²) in [5.41, 5.74) is 3.06. The van der Waals surface area contributed by atoms with E-state index in [1.165, 1.54) is 29.0 Å². The number of hydrogen-bond acceptors (Lipinski definition) is 4. The maximum absolute atomic E-state index is 13.4. The Labute approximate surface area is 149 Å². The first-order valence-electron chi connectivity index (χ1n) is 7.87. The Morgan fingerprint density at radius 2 is 1.96 bits per heavy atom. The van der Waals surface area contributed by atoms with Crippen molar-refractivity contribution in [2.45, 2.75) is 13.3 Å². The first kappa shape index (κ1) is 17.1. The van der Waals surface area contributed by atoms with E-state index in [-0.39, 0.29) is 18.3 Å². The highest BCUT2D eigenvalue weighted by atomic mass is 32.1. The Balaban J connectivity index is 1.59. The van der Waals surface area contributed by atoms with E-state index in [2.05, 4.69) is 29.4 Å². The lowest BCUT2D eigenvalue weighted by Crippen LogP contribution is -2.20. The Bertz CT molecular complexity index is 862. The summed E-state index contributed by atoms with van der Waals surface area (Å²) < 4.78 is 18.6. The number of benzene rings is 2. The van der Waals surface area contributed by atoms with Crippen molar-refractivity contribution in [3.8, 4) is 17.0 Å². The number of hydrogen-bond donors (Lipinski definition) is 1. The minimum atomic E-state index is -0.498. The van der Waals surface area contributed by atoms with Gasteiger partial charge in [0.25, 0.3) is 5.91 Å². The van der Waals surface area contributed by atoms with Crippen molar-refractivity contribution < 1.29 is 13.9 Å². The molecule has 3 rings (SSSR count). The van der Waals surface area contributed by atoms with Crippen molar-refractivity contribution in [2.24, 2.45) is 0 Å². The number of aromatic nitrogens is 1. The highest BCUT2D eigenvalue weighted by Gasteiger charge is 2.10. The lowest BCUT2D eigenvalue weighted by atomic mass is 10.1. The SMILES string of the molecule is CCc1ccc(-c2csc(NC(=O)COc3ccccc3F)n2)cc1. The van der Waals surface area contributed by atoms with Crippen molar-refractivity contribution >= 4 is 22.4 Å². The van der Waals surface area contributed by atoms with Gasteiger partial charge in [0, 0.05) is 10.9 Å². The molecule has 1 aromatic heterocycles. The van der Waals surface area contributed by atoms with Crippen LogP contribution in [0.1, 0.15) is 12.5 Å². The number of anilines is 1. The van der Waals surface area contributed by atoms with Crippen LogP contribution in [0.4, 0.5) is 9.52 Å². The van der Waals surface area contributed by atoms with Crippen LogP contribution in [0.3, 0.4) is 0 Å². The zero-order valence-corrected chi connectivity index (χ0v) is 14.5. The van der Waals surface area contributed by atoms with Gasteiger partial charge in [-0.25, -0.2) is 9.37 Å². The lowest BCUT2D eigenvalue weighted by molar-refractivity contribution is -0.118. The van der Waals surface area contributed by atoms with Crippen molar-refractivity contribution in [3.05, 3.63) is 65.3 Å². The number of ether oxygens (including phenoxy) is 1. The fourth-order valence-electron chi connectivity index (χ4n) is 2.24. The summed E-state index contributed by atoms with van der Waals surface area (Å²) in [6, 6.07) is 14.1. The maximum Gasteiger partial charge on any atom is 0.264 e. The van der Waals surface area contributed by atoms with Gasteiger partial charge >= 0.3 is 0 Å². The molecule has 0 bridgehead atoms. The molecule has 1 N–H and O–H groups in total. The van der Waals surface area contributed by atoms with Crippen LogP contribution in [-0.2, 0) is 11.2 Å². The molecular weight excluding hydrogens is 339 g/mol. The molecule has 4 nitrogen and oxygen atoms in total. The third-order valence-electron chi connectivity index (χ3n) is 3.60. The van der Waals surface area contributed by atoms with E-state index < -0.39 is 5.82 Å². The maximum atomic E-state index is 13.4. The topological polar surface area (TPSA) is 51.2 Å². The van der Waals surface area contributed by atoms with Gasteiger partial charge in [0.15, 0.2) is 23.3 Å². The first-order chi connectivity index (χ1) is 12.2. The second kappa shape index (κ2) is 7.90. The fraction of sp³-hybridized carbons (Fsp3) is 0.158. The van der Waals surface area contributed by atoms with E-state index in [1.54, 1.807) is 12.1 Å². The summed E-state index contributed by atoms with van der Waals surface area (Å²) in [6.45, 7) is 1.83. The van der Waals surface area contributed by atoms with Gasteiger partial charge in [-0.1, -0.05) is 43.3 Å². The lowest BCUT2D eigenvalue weighted by Gasteiger charge is -2.06. The number of carbonyl (C=O) groups is 1. The average molecular weight is 356 g/mol. The van der Waals surface area contributed by atoms with Crippen LogP contribution >= 0.6 is 11.3 Å². The number of thiazole rings is 1. The number of carbonyl (C=O) groups excluding carboxylic acids is 1. The molecule has 0 aliphatic rings. The molecule has 0 atom stereocenters. The molecule has 0 spiro atoms. The van der Waals surface area contributed by atoms with Crippen LogP contribution in [0.5, 0.6) is 5.75 Å². The minimum absolute atomic E-state index is 0.0495. The predicted octanol–water partition coefficient (Wildman–Crippen LogP) is 4.53. The molecular formula is C19H17FN2O2S. The Morgan fingerprint density at radius 3 is 2.68 bits per heavy atom. The number of nitrogens with one attached hydrogen (secondary N) is 1. The van der Waals surface area contributed by atoms with E-state index in [0.717, 1.165) is 17.7 Å². The second-order valence-electron chi connectivity index (χ2n) is 5.36. The van der Waals surface area contributed by atoms with Gasteiger partial charge in [-0.3, -0.25) is 10.1 Å². The van der Waals surface area contributed by atoms with Crippen molar-refractivity contribution in [1.29, 1.82) is 0 Å². The molecule has 25 heavy (non-hydrogen) atoms. The Morgan fingerprint density at radius 1 is 1.20 bits per heavy atom. The van der Waals surface area contributed by atoms with Gasteiger partial charge in [-0.15, -0.1) is 11.3 Å². The number of amides is 1. The molecule has 0 fully saturated rings. The van der Waals surface area contributed by atoms with Crippen LogP contribution < -0.4 is 10.1 Å². The molecule has 0 aliphatic carbocycles. The molecule has 0 saturated carbocycles. The number of rotatable bonds is 6. The van der Waals surface area contributed by atoms with Crippen LogP contribution in [0.25, 0.3) is 11.3 Å². The molecule has 6 heteroatoms. The number of halogens is 1. The van der Waals surface area contributed by atoms with E-state index in [4.69, 9.17) is 4.74 Å². The molecule has 0 radical (unpaired) electrons. The largest absolute Gasteiger partial charge is 0.481 e. The summed E-state index contributed by atoms with van der Waals surface area (Å²) in [6.07, 6.45) is 0.987. The number of para-hydroxylation sites is 1. The third kappa shape index (κ3) is 4.42. The Kier molecular flexibility index (Phi) is 5.40. The van der Waals surface area contributed by atoms with Gasteiger partial charge in [0.2, 0.25) is 0 Å². The summed E-state index contributed by atoms with van der Waals surface area (Å²) in [5, 5.41) is 5.03. The Hall–Kier alpha value is -2.73. The smallest absolute Gasteiger partial charge is 0.264 e. The molecule has 128 valence electrons. The first-order valence-corrected chi connectivity index (χ1v) is 8.75. The zero-order chi connectivity index (χ0) is 17.6. The van der Waals surface area contributed by atoms with Gasteiger partial charge in [-0.2, -0.15) is 0 Å². The second-order valence-corrected chi connectivity index (χ2v) is 6.21. The molecule has 1 heterocycles. The fourth-order valence-corrected chi connectivity index (χ4v) is 2.97. The summed E-state index contributed by atoms with van der Waals surface area (Å²) in [5.74, 6) is -0.832. The summed E-state index contributed by atoms with van der Waals surface area (Å²) in [7, 11) is 0. The third-order valence-corrected chi connectivity index (χ3v) is 4.36.